The minimum Gasteiger partial charge on any atom is -0.340 e. The number of benzene rings is 1. The monoisotopic (exact) mass is 247 g/mol. The van der Waals surface area contributed by atoms with Gasteiger partial charge in [-0.25, -0.2) is 14.2 Å². The second kappa shape index (κ2) is 5.22. The molecule has 5 nitrogen and oxygen atoms in total. The fraction of sp³-hybridized carbons (Fsp3) is 0.0833. The highest BCUT2D eigenvalue weighted by molar-refractivity contribution is 5.87. The van der Waals surface area contributed by atoms with E-state index in [1.54, 1.807) is 23.7 Å². The molecule has 0 bridgehead atoms. The molecule has 0 radical (unpaired) electrons. The molecule has 0 aliphatic carbocycles. The first kappa shape index (κ1) is 12.0. The SMILES string of the molecule is Cn1cnc(C(=O)ON=Cc2ccccc2F)c1. The lowest BCUT2D eigenvalue weighted by atomic mass is 10.2. The van der Waals surface area contributed by atoms with Crippen LogP contribution in [0.1, 0.15) is 16.1 Å². The van der Waals surface area contributed by atoms with Gasteiger partial charge in [0, 0.05) is 18.8 Å². The van der Waals surface area contributed by atoms with Gasteiger partial charge < -0.3 is 9.40 Å². The molecule has 6 heteroatoms. The second-order valence-electron chi connectivity index (χ2n) is 3.56. The molecule has 0 aliphatic rings. The molecule has 0 amide bonds. The zero-order chi connectivity index (χ0) is 13.0. The summed E-state index contributed by atoms with van der Waals surface area (Å²) in [5.41, 5.74) is 0.384. The molecule has 0 saturated carbocycles. The van der Waals surface area contributed by atoms with Crippen LogP contribution in [0.4, 0.5) is 4.39 Å². The van der Waals surface area contributed by atoms with Gasteiger partial charge in [-0.3, -0.25) is 0 Å². The zero-order valence-corrected chi connectivity index (χ0v) is 9.58. The molecule has 0 atom stereocenters. The Morgan fingerprint density at radius 2 is 2.28 bits per heavy atom. The van der Waals surface area contributed by atoms with Crippen molar-refractivity contribution < 1.29 is 14.0 Å². The van der Waals surface area contributed by atoms with E-state index in [-0.39, 0.29) is 11.3 Å². The van der Waals surface area contributed by atoms with E-state index in [0.717, 1.165) is 6.21 Å². The van der Waals surface area contributed by atoms with Crippen molar-refractivity contribution in [2.45, 2.75) is 0 Å². The number of halogens is 1. The van der Waals surface area contributed by atoms with Gasteiger partial charge in [-0.15, -0.1) is 0 Å². The summed E-state index contributed by atoms with van der Waals surface area (Å²) >= 11 is 0. The molecular weight excluding hydrogens is 237 g/mol. The lowest BCUT2D eigenvalue weighted by molar-refractivity contribution is 0.0512. The zero-order valence-electron chi connectivity index (χ0n) is 9.58. The second-order valence-corrected chi connectivity index (χ2v) is 3.56. The molecule has 2 aromatic rings. The Hall–Kier alpha value is -2.50. The molecule has 1 aromatic carbocycles. The molecule has 0 saturated heterocycles. The number of rotatable bonds is 3. The molecule has 18 heavy (non-hydrogen) atoms. The van der Waals surface area contributed by atoms with Gasteiger partial charge in [0.1, 0.15) is 5.82 Å². The Bertz CT molecular complexity index is 593. The highest BCUT2D eigenvalue weighted by Gasteiger charge is 2.09. The third-order valence-electron chi connectivity index (χ3n) is 2.15. The maximum absolute atomic E-state index is 13.2. The smallest absolute Gasteiger partial charge is 0.340 e. The van der Waals surface area contributed by atoms with E-state index in [0.29, 0.717) is 0 Å². The van der Waals surface area contributed by atoms with Crippen LogP contribution in [0.2, 0.25) is 0 Å². The molecule has 0 aliphatic heterocycles. The first-order valence-electron chi connectivity index (χ1n) is 5.14. The summed E-state index contributed by atoms with van der Waals surface area (Å²) in [6.07, 6.45) is 4.11. The number of oxime groups is 1. The Morgan fingerprint density at radius 1 is 1.50 bits per heavy atom. The van der Waals surface area contributed by atoms with Crippen LogP contribution in [0.5, 0.6) is 0 Å². The molecule has 2 rings (SSSR count). The van der Waals surface area contributed by atoms with E-state index in [9.17, 15) is 9.18 Å². The molecule has 1 aromatic heterocycles. The van der Waals surface area contributed by atoms with Crippen molar-refractivity contribution in [3.8, 4) is 0 Å². The molecule has 92 valence electrons. The fourth-order valence-corrected chi connectivity index (χ4v) is 1.28. The lowest BCUT2D eigenvalue weighted by Crippen LogP contribution is -2.01. The van der Waals surface area contributed by atoms with Gasteiger partial charge in [0.05, 0.1) is 12.5 Å². The molecule has 0 unspecified atom stereocenters. The van der Waals surface area contributed by atoms with Crippen LogP contribution in [0.3, 0.4) is 0 Å². The Morgan fingerprint density at radius 3 is 2.94 bits per heavy atom. The first-order chi connectivity index (χ1) is 8.66. The standard InChI is InChI=1S/C12H10FN3O2/c1-16-7-11(14-8-16)12(17)18-15-6-9-4-2-3-5-10(9)13/h2-8H,1H3. The largest absolute Gasteiger partial charge is 0.385 e. The Balaban J connectivity index is 2.00. The van der Waals surface area contributed by atoms with Gasteiger partial charge >= 0.3 is 5.97 Å². The van der Waals surface area contributed by atoms with Gasteiger partial charge in [0.25, 0.3) is 0 Å². The number of aryl methyl sites for hydroxylation is 1. The van der Waals surface area contributed by atoms with E-state index < -0.39 is 11.8 Å². The average Bonchev–Trinajstić information content (AvgIpc) is 2.78. The predicted octanol–water partition coefficient (Wildman–Crippen LogP) is 1.75. The van der Waals surface area contributed by atoms with Crippen LogP contribution in [0.15, 0.2) is 41.9 Å². The predicted molar refractivity (Wildman–Crippen MR) is 62.6 cm³/mol. The third-order valence-corrected chi connectivity index (χ3v) is 2.15. The quantitative estimate of drug-likeness (QED) is 0.471. The first-order valence-corrected chi connectivity index (χ1v) is 5.14. The highest BCUT2D eigenvalue weighted by atomic mass is 19.1. The molecular formula is C12H10FN3O2. The summed E-state index contributed by atoms with van der Waals surface area (Å²) in [5, 5.41) is 3.42. The fourth-order valence-electron chi connectivity index (χ4n) is 1.28. The van der Waals surface area contributed by atoms with Gasteiger partial charge in [0.2, 0.25) is 0 Å². The van der Waals surface area contributed by atoms with E-state index >= 15 is 0 Å². The van der Waals surface area contributed by atoms with Crippen molar-refractivity contribution in [3.63, 3.8) is 0 Å². The number of carbonyl (C=O) groups is 1. The minimum absolute atomic E-state index is 0.142. The number of aromatic nitrogens is 2. The maximum atomic E-state index is 13.2. The Kier molecular flexibility index (Phi) is 3.47. The summed E-state index contributed by atoms with van der Waals surface area (Å²) in [7, 11) is 1.73. The van der Waals surface area contributed by atoms with E-state index in [1.807, 2.05) is 0 Å². The van der Waals surface area contributed by atoms with Crippen molar-refractivity contribution in [3.05, 3.63) is 53.9 Å². The van der Waals surface area contributed by atoms with Crippen LogP contribution in [-0.4, -0.2) is 21.7 Å². The summed E-state index contributed by atoms with van der Waals surface area (Å²) in [6.45, 7) is 0. The number of hydrogen-bond donors (Lipinski definition) is 0. The van der Waals surface area contributed by atoms with Crippen molar-refractivity contribution in [1.82, 2.24) is 9.55 Å². The van der Waals surface area contributed by atoms with E-state index in [2.05, 4.69) is 15.0 Å². The number of carbonyl (C=O) groups excluding carboxylic acids is 1. The van der Waals surface area contributed by atoms with Crippen LogP contribution in [-0.2, 0) is 11.9 Å². The number of imidazole rings is 1. The maximum Gasteiger partial charge on any atom is 0.385 e. The molecule has 1 heterocycles. The third kappa shape index (κ3) is 2.79. The van der Waals surface area contributed by atoms with Gasteiger partial charge in [-0.05, 0) is 6.07 Å². The Labute approximate surface area is 103 Å². The van der Waals surface area contributed by atoms with Gasteiger partial charge in [-0.2, -0.15) is 0 Å². The molecule has 0 N–H and O–H groups in total. The normalized spacial score (nSPS) is 10.8. The number of hydrogen-bond acceptors (Lipinski definition) is 4. The lowest BCUT2D eigenvalue weighted by Gasteiger charge is -1.95. The van der Waals surface area contributed by atoms with Crippen molar-refractivity contribution >= 4 is 12.2 Å². The summed E-state index contributed by atoms with van der Waals surface area (Å²) in [5.74, 6) is -1.13. The average molecular weight is 247 g/mol. The van der Waals surface area contributed by atoms with Crippen LogP contribution in [0, 0.1) is 5.82 Å². The van der Waals surface area contributed by atoms with Gasteiger partial charge in [0.15, 0.2) is 5.69 Å². The van der Waals surface area contributed by atoms with Crippen LogP contribution >= 0.6 is 0 Å². The van der Waals surface area contributed by atoms with Crippen molar-refractivity contribution in [2.75, 3.05) is 0 Å². The van der Waals surface area contributed by atoms with Crippen molar-refractivity contribution in [1.29, 1.82) is 0 Å². The highest BCUT2D eigenvalue weighted by Crippen LogP contribution is 2.03. The minimum atomic E-state index is -0.691. The van der Waals surface area contributed by atoms with Gasteiger partial charge in [-0.1, -0.05) is 23.4 Å². The van der Waals surface area contributed by atoms with E-state index in [1.165, 1.54) is 24.7 Å². The van der Waals surface area contributed by atoms with Crippen LogP contribution < -0.4 is 0 Å². The summed E-state index contributed by atoms with van der Waals surface area (Å²) in [6, 6.07) is 6.03. The van der Waals surface area contributed by atoms with Crippen LogP contribution in [0.25, 0.3) is 0 Å². The summed E-state index contributed by atoms with van der Waals surface area (Å²) in [4.78, 5) is 19.8. The molecule has 0 fully saturated rings. The molecule has 0 spiro atoms. The van der Waals surface area contributed by atoms with E-state index in [4.69, 9.17) is 0 Å². The van der Waals surface area contributed by atoms with Crippen molar-refractivity contribution in [2.24, 2.45) is 12.2 Å². The summed E-state index contributed by atoms with van der Waals surface area (Å²) < 4.78 is 14.8. The topological polar surface area (TPSA) is 56.5 Å². The number of nitrogens with zero attached hydrogens (tertiary/aromatic N) is 3.